The van der Waals surface area contributed by atoms with Crippen molar-refractivity contribution in [2.75, 3.05) is 27.2 Å². The van der Waals surface area contributed by atoms with Crippen LogP contribution in [0, 0.1) is 17.5 Å². The van der Waals surface area contributed by atoms with Crippen LogP contribution < -0.4 is 26.0 Å². The summed E-state index contributed by atoms with van der Waals surface area (Å²) in [7, 11) is 3.09. The van der Waals surface area contributed by atoms with Crippen molar-refractivity contribution < 1.29 is 37.3 Å². The van der Waals surface area contributed by atoms with Gasteiger partial charge in [0.25, 0.3) is 5.56 Å². The lowest BCUT2D eigenvalue weighted by molar-refractivity contribution is 0.0704. The van der Waals surface area contributed by atoms with Gasteiger partial charge in [0.05, 0.1) is 28.7 Å². The number of thiophene rings is 1. The van der Waals surface area contributed by atoms with Crippen LogP contribution in [-0.4, -0.2) is 58.8 Å². The molecule has 2 heterocycles. The number of carbonyl (C=O) groups is 2. The molecule has 0 bridgehead atoms. The van der Waals surface area contributed by atoms with Gasteiger partial charge in [0.15, 0.2) is 11.6 Å². The average molecular weight is 579 g/mol. The quantitative estimate of drug-likeness (QED) is 0.259. The van der Waals surface area contributed by atoms with Gasteiger partial charge >= 0.3 is 17.7 Å². The number of aromatic nitrogens is 2. The SMILES string of the molecule is CN(C)C(=O)NCCOc1ccc(F)c(F)c1COc1ccc(F)c(-n2c(=O)[nH]c3csc(C(=O)O)c3c2=O)c1. The van der Waals surface area contributed by atoms with Gasteiger partial charge in [0, 0.05) is 25.5 Å². The Morgan fingerprint density at radius 2 is 1.82 bits per heavy atom. The second-order valence-corrected chi connectivity index (χ2v) is 9.32. The number of nitrogens with one attached hydrogen (secondary N) is 2. The Kier molecular flexibility index (Phi) is 8.13. The second kappa shape index (κ2) is 11.5. The van der Waals surface area contributed by atoms with Crippen LogP contribution >= 0.6 is 11.3 Å². The highest BCUT2D eigenvalue weighted by Gasteiger charge is 2.21. The van der Waals surface area contributed by atoms with E-state index in [1.54, 1.807) is 14.1 Å². The van der Waals surface area contributed by atoms with E-state index in [0.29, 0.717) is 4.57 Å². The van der Waals surface area contributed by atoms with E-state index in [2.05, 4.69) is 10.3 Å². The Morgan fingerprint density at radius 3 is 2.52 bits per heavy atom. The Morgan fingerprint density at radius 1 is 1.10 bits per heavy atom. The molecule has 0 aliphatic heterocycles. The molecule has 0 fully saturated rings. The van der Waals surface area contributed by atoms with Gasteiger partial charge in [-0.25, -0.2) is 32.1 Å². The van der Waals surface area contributed by atoms with Crippen LogP contribution in [0.4, 0.5) is 18.0 Å². The number of fused-ring (bicyclic) bond motifs is 1. The number of urea groups is 1. The minimum absolute atomic E-state index is 0.0168. The van der Waals surface area contributed by atoms with Crippen LogP contribution in [0.25, 0.3) is 16.6 Å². The van der Waals surface area contributed by atoms with Gasteiger partial charge in [-0.2, -0.15) is 0 Å². The van der Waals surface area contributed by atoms with E-state index < -0.39 is 47.0 Å². The van der Waals surface area contributed by atoms with Crippen molar-refractivity contribution in [3.05, 3.63) is 84.4 Å². The van der Waals surface area contributed by atoms with E-state index in [4.69, 9.17) is 9.47 Å². The summed E-state index contributed by atoms with van der Waals surface area (Å²) in [6.45, 7) is -0.599. The molecule has 0 aliphatic rings. The van der Waals surface area contributed by atoms with Gasteiger partial charge in [-0.3, -0.25) is 4.79 Å². The summed E-state index contributed by atoms with van der Waals surface area (Å²) in [6, 6.07) is 4.67. The van der Waals surface area contributed by atoms with Crippen LogP contribution in [-0.2, 0) is 6.61 Å². The first kappa shape index (κ1) is 28.2. The van der Waals surface area contributed by atoms with Crippen molar-refractivity contribution in [2.24, 2.45) is 0 Å². The molecule has 0 saturated carbocycles. The van der Waals surface area contributed by atoms with Gasteiger partial charge in [-0.1, -0.05) is 0 Å². The highest BCUT2D eigenvalue weighted by atomic mass is 32.1. The molecule has 0 saturated heterocycles. The molecule has 4 aromatic rings. The minimum atomic E-state index is -1.40. The number of aromatic amines is 1. The number of halogens is 3. The molecule has 4 rings (SSSR count). The average Bonchev–Trinajstić information content (AvgIpc) is 3.33. The summed E-state index contributed by atoms with van der Waals surface area (Å²) < 4.78 is 54.8. The summed E-state index contributed by atoms with van der Waals surface area (Å²) in [4.78, 5) is 52.1. The minimum Gasteiger partial charge on any atom is -0.491 e. The van der Waals surface area contributed by atoms with E-state index in [9.17, 15) is 37.5 Å². The fourth-order valence-corrected chi connectivity index (χ4v) is 4.47. The molecule has 15 heteroatoms. The maximum atomic E-state index is 14.8. The molecule has 0 unspecified atom stereocenters. The van der Waals surface area contributed by atoms with Gasteiger partial charge < -0.3 is 29.8 Å². The lowest BCUT2D eigenvalue weighted by atomic mass is 10.2. The number of amides is 2. The van der Waals surface area contributed by atoms with Gasteiger partial charge in [-0.05, 0) is 24.3 Å². The molecule has 2 aromatic carbocycles. The van der Waals surface area contributed by atoms with Crippen molar-refractivity contribution >= 4 is 34.2 Å². The summed E-state index contributed by atoms with van der Waals surface area (Å²) in [6.07, 6.45) is 0. The number of carbonyl (C=O) groups excluding carboxylic acids is 1. The summed E-state index contributed by atoms with van der Waals surface area (Å²) in [5.74, 6) is -5.04. The van der Waals surface area contributed by atoms with E-state index >= 15 is 0 Å². The Labute approximate surface area is 227 Å². The van der Waals surface area contributed by atoms with E-state index in [0.717, 1.165) is 35.6 Å². The predicted molar refractivity (Wildman–Crippen MR) is 138 cm³/mol. The van der Waals surface area contributed by atoms with Crippen molar-refractivity contribution in [3.63, 3.8) is 0 Å². The molecule has 2 amide bonds. The third-order valence-electron chi connectivity index (χ3n) is 5.58. The van der Waals surface area contributed by atoms with Crippen LogP contribution in [0.15, 0.2) is 45.3 Å². The zero-order valence-electron chi connectivity index (χ0n) is 20.9. The number of rotatable bonds is 9. The number of nitrogens with zero attached hydrogens (tertiary/aromatic N) is 2. The molecule has 0 aliphatic carbocycles. The zero-order valence-corrected chi connectivity index (χ0v) is 21.7. The standard InChI is InChI=1S/C25H21F3N4O7S/c1-31(2)24(36)29-7-8-38-18-6-5-15(27)20(28)13(18)10-39-12-3-4-14(26)17(9-12)32-22(33)19-16(30-25(32)37)11-40-21(19)23(34)35/h3-6,9,11H,7-8,10H2,1-2H3,(H,29,36)(H,30,37)(H,34,35). The molecular formula is C25H21F3N4O7S. The van der Waals surface area contributed by atoms with Crippen LogP contribution in [0.1, 0.15) is 15.2 Å². The summed E-state index contributed by atoms with van der Waals surface area (Å²) in [5.41, 5.74) is -2.98. The lowest BCUT2D eigenvalue weighted by Gasteiger charge is -2.16. The van der Waals surface area contributed by atoms with Crippen molar-refractivity contribution in [2.45, 2.75) is 6.61 Å². The first-order valence-electron chi connectivity index (χ1n) is 11.5. The number of hydrogen-bond acceptors (Lipinski definition) is 7. The number of benzene rings is 2. The monoisotopic (exact) mass is 578 g/mol. The second-order valence-electron chi connectivity index (χ2n) is 8.44. The Bertz CT molecular complexity index is 1730. The maximum Gasteiger partial charge on any atom is 0.346 e. The van der Waals surface area contributed by atoms with Crippen molar-refractivity contribution in [1.29, 1.82) is 0 Å². The van der Waals surface area contributed by atoms with Gasteiger partial charge in [-0.15, -0.1) is 11.3 Å². The van der Waals surface area contributed by atoms with Crippen molar-refractivity contribution in [3.8, 4) is 17.2 Å². The topological polar surface area (TPSA) is 143 Å². The number of hydrogen-bond donors (Lipinski definition) is 3. The fraction of sp³-hybridized carbons (Fsp3) is 0.200. The number of H-pyrrole nitrogens is 1. The lowest BCUT2D eigenvalue weighted by Crippen LogP contribution is -2.36. The smallest absolute Gasteiger partial charge is 0.346 e. The Balaban J connectivity index is 1.61. The number of carboxylic acids is 1. The third kappa shape index (κ3) is 5.63. The fourth-order valence-electron chi connectivity index (χ4n) is 3.64. The molecule has 0 spiro atoms. The summed E-state index contributed by atoms with van der Waals surface area (Å²) in [5, 5.41) is 12.9. The van der Waals surface area contributed by atoms with Crippen LogP contribution in [0.5, 0.6) is 11.5 Å². The highest BCUT2D eigenvalue weighted by molar-refractivity contribution is 7.13. The van der Waals surface area contributed by atoms with Gasteiger partial charge in [0.1, 0.15) is 35.4 Å². The Hall–Kier alpha value is -4.79. The zero-order chi connectivity index (χ0) is 29.1. The molecule has 0 radical (unpaired) electrons. The highest BCUT2D eigenvalue weighted by Crippen LogP contribution is 2.27. The predicted octanol–water partition coefficient (Wildman–Crippen LogP) is 3.09. The number of aromatic carboxylic acids is 1. The molecule has 40 heavy (non-hydrogen) atoms. The van der Waals surface area contributed by atoms with E-state index in [1.165, 1.54) is 16.3 Å². The third-order valence-corrected chi connectivity index (χ3v) is 6.55. The molecule has 3 N–H and O–H groups in total. The van der Waals surface area contributed by atoms with Crippen LogP contribution in [0.3, 0.4) is 0 Å². The number of ether oxygens (including phenoxy) is 2. The molecule has 0 atom stereocenters. The van der Waals surface area contributed by atoms with Crippen molar-refractivity contribution in [1.82, 2.24) is 19.8 Å². The largest absolute Gasteiger partial charge is 0.491 e. The number of carboxylic acid groups (broad SMARTS) is 1. The maximum absolute atomic E-state index is 14.8. The molecule has 2 aromatic heterocycles. The normalized spacial score (nSPS) is 10.9. The molecular weight excluding hydrogens is 557 g/mol. The first-order chi connectivity index (χ1) is 19.0. The van der Waals surface area contributed by atoms with Gasteiger partial charge in [0.2, 0.25) is 0 Å². The van der Waals surface area contributed by atoms with E-state index in [1.807, 2.05) is 0 Å². The molecule has 11 nitrogen and oxygen atoms in total. The first-order valence-corrected chi connectivity index (χ1v) is 12.3. The summed E-state index contributed by atoms with van der Waals surface area (Å²) >= 11 is 0.722. The molecule has 210 valence electrons. The van der Waals surface area contributed by atoms with Crippen LogP contribution in [0.2, 0.25) is 0 Å². The van der Waals surface area contributed by atoms with E-state index in [-0.39, 0.29) is 52.0 Å².